The second kappa shape index (κ2) is 7.47. The lowest BCUT2D eigenvalue weighted by Crippen LogP contribution is -2.42. The van der Waals surface area contributed by atoms with Crippen LogP contribution in [0.1, 0.15) is 23.2 Å². The number of methoxy groups -OCH3 is 1. The third-order valence-electron chi connectivity index (χ3n) is 4.02. The van der Waals surface area contributed by atoms with Crippen LogP contribution >= 0.6 is 12.4 Å². The van der Waals surface area contributed by atoms with Crippen molar-refractivity contribution in [2.75, 3.05) is 20.2 Å². The summed E-state index contributed by atoms with van der Waals surface area (Å²) < 4.78 is 5.37. The van der Waals surface area contributed by atoms with E-state index in [4.69, 9.17) is 4.74 Å². The van der Waals surface area contributed by atoms with Crippen LogP contribution in [0.2, 0.25) is 0 Å². The van der Waals surface area contributed by atoms with Crippen LogP contribution in [0.5, 0.6) is 5.75 Å². The molecular weight excluding hydrogens is 300 g/mol. The van der Waals surface area contributed by atoms with Gasteiger partial charge in [-0.05, 0) is 43.5 Å². The molecule has 1 aliphatic heterocycles. The molecule has 2 aromatic carbocycles. The Balaban J connectivity index is 0.00000176. The molecular formula is C17H21ClN2O2. The number of ether oxygens (including phenoxy) is 1. The summed E-state index contributed by atoms with van der Waals surface area (Å²) in [4.78, 5) is 12.6. The van der Waals surface area contributed by atoms with E-state index in [0.29, 0.717) is 5.56 Å². The van der Waals surface area contributed by atoms with Gasteiger partial charge < -0.3 is 15.4 Å². The van der Waals surface area contributed by atoms with Gasteiger partial charge in [0, 0.05) is 17.0 Å². The average Bonchev–Trinajstić information content (AvgIpc) is 2.54. The molecule has 0 saturated carbocycles. The van der Waals surface area contributed by atoms with Crippen molar-refractivity contribution in [3.8, 4) is 5.75 Å². The normalized spacial score (nSPS) is 15.1. The van der Waals surface area contributed by atoms with Crippen molar-refractivity contribution < 1.29 is 9.53 Å². The Morgan fingerprint density at radius 2 is 1.82 bits per heavy atom. The molecule has 0 atom stereocenters. The first-order chi connectivity index (χ1) is 10.3. The van der Waals surface area contributed by atoms with E-state index in [-0.39, 0.29) is 24.4 Å². The Kier molecular flexibility index (Phi) is 5.63. The Morgan fingerprint density at radius 3 is 2.50 bits per heavy atom. The fraction of sp³-hybridized carbons (Fsp3) is 0.353. The standard InChI is InChI=1S/C17H20N2O2.ClH/c1-21-16-7-6-15(13-4-2-3-5-14(13)16)17(20)19-12-8-10-18-11-9-12;/h2-7,12,18H,8-11H2,1H3,(H,19,20);1H. The number of benzene rings is 2. The molecule has 3 rings (SSSR count). The van der Waals surface area contributed by atoms with Gasteiger partial charge in [0.1, 0.15) is 5.75 Å². The zero-order valence-electron chi connectivity index (χ0n) is 12.6. The predicted octanol–water partition coefficient (Wildman–Crippen LogP) is 2.75. The van der Waals surface area contributed by atoms with Crippen molar-refractivity contribution in [1.82, 2.24) is 10.6 Å². The van der Waals surface area contributed by atoms with Crippen molar-refractivity contribution in [2.45, 2.75) is 18.9 Å². The van der Waals surface area contributed by atoms with Crippen molar-refractivity contribution in [3.05, 3.63) is 42.0 Å². The van der Waals surface area contributed by atoms with Crippen LogP contribution in [0.15, 0.2) is 36.4 Å². The second-order valence-electron chi connectivity index (χ2n) is 5.36. The van der Waals surface area contributed by atoms with Crippen molar-refractivity contribution >= 4 is 29.1 Å². The topological polar surface area (TPSA) is 50.4 Å². The number of nitrogens with one attached hydrogen (secondary N) is 2. The molecule has 1 heterocycles. The Bertz CT molecular complexity index is 654. The minimum atomic E-state index is 0. The van der Waals surface area contributed by atoms with E-state index < -0.39 is 0 Å². The number of hydrogen-bond acceptors (Lipinski definition) is 3. The van der Waals surface area contributed by atoms with Crippen LogP contribution in [0.3, 0.4) is 0 Å². The van der Waals surface area contributed by atoms with Gasteiger partial charge in [0.2, 0.25) is 0 Å². The molecule has 1 saturated heterocycles. The highest BCUT2D eigenvalue weighted by Crippen LogP contribution is 2.28. The number of piperidine rings is 1. The summed E-state index contributed by atoms with van der Waals surface area (Å²) in [5.41, 5.74) is 0.713. The Hall–Kier alpha value is -1.78. The molecule has 0 unspecified atom stereocenters. The number of fused-ring (bicyclic) bond motifs is 1. The van der Waals surface area contributed by atoms with Crippen molar-refractivity contribution in [3.63, 3.8) is 0 Å². The fourth-order valence-electron chi connectivity index (χ4n) is 2.88. The largest absolute Gasteiger partial charge is 0.496 e. The summed E-state index contributed by atoms with van der Waals surface area (Å²) in [5.74, 6) is 0.796. The van der Waals surface area contributed by atoms with Crippen molar-refractivity contribution in [1.29, 1.82) is 0 Å². The maximum absolute atomic E-state index is 12.6. The van der Waals surface area contributed by atoms with Crippen LogP contribution in [0, 0.1) is 0 Å². The lowest BCUT2D eigenvalue weighted by Gasteiger charge is -2.24. The molecule has 22 heavy (non-hydrogen) atoms. The fourth-order valence-corrected chi connectivity index (χ4v) is 2.88. The maximum atomic E-state index is 12.6. The molecule has 118 valence electrons. The molecule has 1 fully saturated rings. The van der Waals surface area contributed by atoms with Gasteiger partial charge in [-0.2, -0.15) is 0 Å². The quantitative estimate of drug-likeness (QED) is 0.914. The number of rotatable bonds is 3. The second-order valence-corrected chi connectivity index (χ2v) is 5.36. The van der Waals surface area contributed by atoms with E-state index in [1.807, 2.05) is 36.4 Å². The van der Waals surface area contributed by atoms with Crippen LogP contribution in [-0.4, -0.2) is 32.1 Å². The molecule has 1 amide bonds. The molecule has 0 radical (unpaired) electrons. The number of carbonyl (C=O) groups excluding carboxylic acids is 1. The van der Waals surface area contributed by atoms with E-state index in [1.54, 1.807) is 7.11 Å². The summed E-state index contributed by atoms with van der Waals surface area (Å²) in [6, 6.07) is 11.8. The van der Waals surface area contributed by atoms with E-state index in [2.05, 4.69) is 10.6 Å². The molecule has 2 aromatic rings. The van der Waals surface area contributed by atoms with Gasteiger partial charge >= 0.3 is 0 Å². The van der Waals surface area contributed by atoms with Gasteiger partial charge in [0.15, 0.2) is 0 Å². The smallest absolute Gasteiger partial charge is 0.252 e. The van der Waals surface area contributed by atoms with Gasteiger partial charge in [-0.25, -0.2) is 0 Å². The molecule has 4 nitrogen and oxygen atoms in total. The molecule has 0 bridgehead atoms. The highest BCUT2D eigenvalue weighted by atomic mass is 35.5. The first-order valence-electron chi connectivity index (χ1n) is 7.37. The van der Waals surface area contributed by atoms with Gasteiger partial charge in [-0.1, -0.05) is 24.3 Å². The third-order valence-corrected chi connectivity index (χ3v) is 4.02. The number of carbonyl (C=O) groups is 1. The Morgan fingerprint density at radius 1 is 1.14 bits per heavy atom. The van der Waals surface area contributed by atoms with Crippen LogP contribution in [0.4, 0.5) is 0 Å². The van der Waals surface area contributed by atoms with E-state index in [0.717, 1.165) is 42.5 Å². The summed E-state index contributed by atoms with van der Waals surface area (Å²) in [6.07, 6.45) is 1.97. The molecule has 2 N–H and O–H groups in total. The minimum absolute atomic E-state index is 0. The zero-order chi connectivity index (χ0) is 14.7. The first-order valence-corrected chi connectivity index (χ1v) is 7.37. The number of halogens is 1. The van der Waals surface area contributed by atoms with E-state index in [9.17, 15) is 4.79 Å². The van der Waals surface area contributed by atoms with Gasteiger partial charge in [0.25, 0.3) is 5.91 Å². The summed E-state index contributed by atoms with van der Waals surface area (Å²) >= 11 is 0. The zero-order valence-corrected chi connectivity index (χ0v) is 13.4. The maximum Gasteiger partial charge on any atom is 0.252 e. The van der Waals surface area contributed by atoms with Gasteiger partial charge in [-0.15, -0.1) is 12.4 Å². The highest BCUT2D eigenvalue weighted by Gasteiger charge is 2.18. The SMILES string of the molecule is COc1ccc(C(=O)NC2CCNCC2)c2ccccc12.Cl. The van der Waals surface area contributed by atoms with E-state index >= 15 is 0 Å². The first kappa shape index (κ1) is 16.6. The molecule has 0 aliphatic carbocycles. The number of amides is 1. The molecule has 0 aromatic heterocycles. The average molecular weight is 321 g/mol. The monoisotopic (exact) mass is 320 g/mol. The van der Waals surface area contributed by atoms with Crippen LogP contribution in [0.25, 0.3) is 10.8 Å². The third kappa shape index (κ3) is 3.34. The summed E-state index contributed by atoms with van der Waals surface area (Å²) in [6.45, 7) is 1.93. The predicted molar refractivity (Wildman–Crippen MR) is 91.1 cm³/mol. The van der Waals surface area contributed by atoms with Gasteiger partial charge in [-0.3, -0.25) is 4.79 Å². The molecule has 1 aliphatic rings. The highest BCUT2D eigenvalue weighted by molar-refractivity contribution is 6.08. The lowest BCUT2D eigenvalue weighted by atomic mass is 10.0. The number of hydrogen-bond donors (Lipinski definition) is 2. The molecule has 5 heteroatoms. The molecule has 0 spiro atoms. The van der Waals surface area contributed by atoms with Crippen LogP contribution < -0.4 is 15.4 Å². The lowest BCUT2D eigenvalue weighted by molar-refractivity contribution is 0.0931. The Labute approximate surface area is 136 Å². The van der Waals surface area contributed by atoms with E-state index in [1.165, 1.54) is 0 Å². The summed E-state index contributed by atoms with van der Waals surface area (Å²) in [5, 5.41) is 8.35. The minimum Gasteiger partial charge on any atom is -0.496 e. The summed E-state index contributed by atoms with van der Waals surface area (Å²) in [7, 11) is 1.65. The van der Waals surface area contributed by atoms with Crippen LogP contribution in [-0.2, 0) is 0 Å². The van der Waals surface area contributed by atoms with Crippen molar-refractivity contribution in [2.24, 2.45) is 0 Å². The van der Waals surface area contributed by atoms with Gasteiger partial charge in [0.05, 0.1) is 7.11 Å².